The van der Waals surface area contributed by atoms with Crippen molar-refractivity contribution in [2.75, 3.05) is 11.9 Å². The standard InChI is InChI=1S/C19H18ClN3O2/c1-2-25-17-8-6-15(7-9-17)19(24)22-18-12-23(13-21-18)11-14-4-3-5-16(20)10-14/h3-10,12-13H,2,11H2,1H3,(H,22,24). The van der Waals surface area contributed by atoms with Gasteiger partial charge in [-0.2, -0.15) is 0 Å². The molecule has 0 atom stereocenters. The molecule has 128 valence electrons. The maximum absolute atomic E-state index is 12.3. The first kappa shape index (κ1) is 17.0. The number of hydrogen-bond acceptors (Lipinski definition) is 3. The Bertz CT molecular complexity index is 859. The number of benzene rings is 2. The minimum Gasteiger partial charge on any atom is -0.494 e. The summed E-state index contributed by atoms with van der Waals surface area (Å²) in [6.07, 6.45) is 3.46. The normalized spacial score (nSPS) is 10.5. The van der Waals surface area contributed by atoms with Gasteiger partial charge in [0.1, 0.15) is 5.75 Å². The monoisotopic (exact) mass is 355 g/mol. The number of imidazole rings is 1. The zero-order valence-electron chi connectivity index (χ0n) is 13.8. The summed E-state index contributed by atoms with van der Waals surface area (Å²) in [4.78, 5) is 16.5. The van der Waals surface area contributed by atoms with Crippen molar-refractivity contribution in [1.82, 2.24) is 9.55 Å². The maximum atomic E-state index is 12.3. The molecule has 0 aliphatic rings. The van der Waals surface area contributed by atoms with E-state index in [1.165, 1.54) is 0 Å². The highest BCUT2D eigenvalue weighted by Gasteiger charge is 2.08. The van der Waals surface area contributed by atoms with Gasteiger partial charge in [0.25, 0.3) is 5.91 Å². The van der Waals surface area contributed by atoms with Crippen molar-refractivity contribution in [1.29, 1.82) is 0 Å². The van der Waals surface area contributed by atoms with Crippen molar-refractivity contribution in [3.63, 3.8) is 0 Å². The second-order valence-corrected chi connectivity index (χ2v) is 5.91. The largest absolute Gasteiger partial charge is 0.494 e. The Morgan fingerprint density at radius 3 is 2.76 bits per heavy atom. The highest BCUT2D eigenvalue weighted by atomic mass is 35.5. The molecular weight excluding hydrogens is 338 g/mol. The number of nitrogens with zero attached hydrogens (tertiary/aromatic N) is 2. The molecule has 0 aliphatic carbocycles. The number of anilines is 1. The molecule has 0 spiro atoms. The molecule has 1 N–H and O–H groups in total. The van der Waals surface area contributed by atoms with E-state index in [1.807, 2.05) is 35.8 Å². The van der Waals surface area contributed by atoms with Gasteiger partial charge in [0.15, 0.2) is 5.82 Å². The van der Waals surface area contributed by atoms with Crippen LogP contribution in [-0.2, 0) is 6.54 Å². The van der Waals surface area contributed by atoms with E-state index in [0.717, 1.165) is 11.3 Å². The van der Waals surface area contributed by atoms with Crippen LogP contribution in [0, 0.1) is 0 Å². The van der Waals surface area contributed by atoms with E-state index in [2.05, 4.69) is 10.3 Å². The van der Waals surface area contributed by atoms with E-state index in [4.69, 9.17) is 16.3 Å². The van der Waals surface area contributed by atoms with Crippen LogP contribution in [0.1, 0.15) is 22.8 Å². The summed E-state index contributed by atoms with van der Waals surface area (Å²) < 4.78 is 7.26. The predicted molar refractivity (Wildman–Crippen MR) is 98.3 cm³/mol. The van der Waals surface area contributed by atoms with Crippen molar-refractivity contribution < 1.29 is 9.53 Å². The molecule has 3 aromatic rings. The van der Waals surface area contributed by atoms with E-state index in [0.29, 0.717) is 29.6 Å². The third-order valence-electron chi connectivity index (χ3n) is 3.56. The molecule has 25 heavy (non-hydrogen) atoms. The van der Waals surface area contributed by atoms with Crippen LogP contribution in [0.5, 0.6) is 5.75 Å². The van der Waals surface area contributed by atoms with Crippen molar-refractivity contribution in [3.8, 4) is 5.75 Å². The van der Waals surface area contributed by atoms with Crippen LogP contribution in [0.3, 0.4) is 0 Å². The molecule has 3 rings (SSSR count). The predicted octanol–water partition coefficient (Wildman–Crippen LogP) is 4.24. The van der Waals surface area contributed by atoms with Gasteiger partial charge in [-0.1, -0.05) is 23.7 Å². The lowest BCUT2D eigenvalue weighted by molar-refractivity contribution is 0.102. The molecule has 0 saturated heterocycles. The van der Waals surface area contributed by atoms with Crippen LogP contribution >= 0.6 is 11.6 Å². The number of rotatable bonds is 6. The Labute approximate surface area is 151 Å². The number of carbonyl (C=O) groups is 1. The summed E-state index contributed by atoms with van der Waals surface area (Å²) in [7, 11) is 0. The van der Waals surface area contributed by atoms with Crippen LogP contribution in [0.4, 0.5) is 5.82 Å². The Morgan fingerprint density at radius 2 is 2.04 bits per heavy atom. The zero-order valence-corrected chi connectivity index (χ0v) is 14.5. The molecule has 0 saturated carbocycles. The Morgan fingerprint density at radius 1 is 1.24 bits per heavy atom. The fraction of sp³-hybridized carbons (Fsp3) is 0.158. The fourth-order valence-electron chi connectivity index (χ4n) is 2.41. The van der Waals surface area contributed by atoms with Crippen molar-refractivity contribution in [2.45, 2.75) is 13.5 Å². The number of halogens is 1. The Hall–Kier alpha value is -2.79. The molecule has 0 radical (unpaired) electrons. The lowest BCUT2D eigenvalue weighted by atomic mass is 10.2. The molecule has 1 aromatic heterocycles. The number of nitrogens with one attached hydrogen (secondary N) is 1. The average Bonchev–Trinajstić information content (AvgIpc) is 3.02. The smallest absolute Gasteiger partial charge is 0.256 e. The van der Waals surface area contributed by atoms with Crippen LogP contribution in [0.25, 0.3) is 0 Å². The van der Waals surface area contributed by atoms with Gasteiger partial charge in [-0.05, 0) is 48.9 Å². The van der Waals surface area contributed by atoms with Gasteiger partial charge in [-0.15, -0.1) is 0 Å². The van der Waals surface area contributed by atoms with Crippen molar-refractivity contribution >= 4 is 23.3 Å². The van der Waals surface area contributed by atoms with Gasteiger partial charge in [0.05, 0.1) is 12.9 Å². The molecule has 0 bridgehead atoms. The van der Waals surface area contributed by atoms with Gasteiger partial charge in [-0.3, -0.25) is 4.79 Å². The summed E-state index contributed by atoms with van der Waals surface area (Å²) in [6.45, 7) is 3.14. The van der Waals surface area contributed by atoms with E-state index in [1.54, 1.807) is 36.8 Å². The van der Waals surface area contributed by atoms with Gasteiger partial charge in [0.2, 0.25) is 0 Å². The third kappa shape index (κ3) is 4.61. The number of hydrogen-bond donors (Lipinski definition) is 1. The number of amides is 1. The highest BCUT2D eigenvalue weighted by molar-refractivity contribution is 6.30. The molecule has 5 nitrogen and oxygen atoms in total. The van der Waals surface area contributed by atoms with E-state index in [-0.39, 0.29) is 5.91 Å². The summed E-state index contributed by atoms with van der Waals surface area (Å²) in [5.74, 6) is 1.03. The first-order valence-corrected chi connectivity index (χ1v) is 8.32. The van der Waals surface area contributed by atoms with Crippen molar-refractivity contribution in [3.05, 3.63) is 77.2 Å². The zero-order chi connectivity index (χ0) is 17.6. The quantitative estimate of drug-likeness (QED) is 0.719. The third-order valence-corrected chi connectivity index (χ3v) is 3.79. The van der Waals surface area contributed by atoms with Gasteiger partial charge in [-0.25, -0.2) is 4.98 Å². The van der Waals surface area contributed by atoms with Crippen LogP contribution in [-0.4, -0.2) is 22.1 Å². The van der Waals surface area contributed by atoms with Crippen LogP contribution in [0.2, 0.25) is 5.02 Å². The second-order valence-electron chi connectivity index (χ2n) is 5.47. The van der Waals surface area contributed by atoms with Crippen LogP contribution < -0.4 is 10.1 Å². The Balaban J connectivity index is 1.63. The first-order chi connectivity index (χ1) is 12.1. The lowest BCUT2D eigenvalue weighted by Gasteiger charge is -2.05. The van der Waals surface area contributed by atoms with Crippen molar-refractivity contribution in [2.24, 2.45) is 0 Å². The summed E-state index contributed by atoms with van der Waals surface area (Å²) >= 11 is 5.99. The topological polar surface area (TPSA) is 56.1 Å². The van der Waals surface area contributed by atoms with E-state index < -0.39 is 0 Å². The molecule has 2 aromatic carbocycles. The fourth-order valence-corrected chi connectivity index (χ4v) is 2.63. The second kappa shape index (κ2) is 7.85. The maximum Gasteiger partial charge on any atom is 0.256 e. The van der Waals surface area contributed by atoms with Crippen LogP contribution in [0.15, 0.2) is 61.1 Å². The minimum absolute atomic E-state index is 0.212. The molecule has 0 unspecified atom stereocenters. The highest BCUT2D eigenvalue weighted by Crippen LogP contribution is 2.15. The molecule has 6 heteroatoms. The molecule has 1 heterocycles. The van der Waals surface area contributed by atoms with E-state index in [9.17, 15) is 4.79 Å². The Kier molecular flexibility index (Phi) is 5.36. The molecule has 1 amide bonds. The van der Waals surface area contributed by atoms with E-state index >= 15 is 0 Å². The average molecular weight is 356 g/mol. The minimum atomic E-state index is -0.212. The number of ether oxygens (including phenoxy) is 1. The summed E-state index contributed by atoms with van der Waals surface area (Å²) in [5, 5.41) is 3.49. The van der Waals surface area contributed by atoms with Gasteiger partial charge < -0.3 is 14.6 Å². The summed E-state index contributed by atoms with van der Waals surface area (Å²) in [5.41, 5.74) is 1.61. The van der Waals surface area contributed by atoms with Gasteiger partial charge >= 0.3 is 0 Å². The SMILES string of the molecule is CCOc1ccc(C(=O)Nc2cn(Cc3cccc(Cl)c3)cn2)cc1. The summed E-state index contributed by atoms with van der Waals surface area (Å²) in [6, 6.07) is 14.6. The number of aromatic nitrogens is 2. The number of carbonyl (C=O) groups excluding carboxylic acids is 1. The molecule has 0 fully saturated rings. The van der Waals surface area contributed by atoms with Gasteiger partial charge in [0, 0.05) is 23.3 Å². The molecule has 0 aliphatic heterocycles. The molecular formula is C19H18ClN3O2. The first-order valence-electron chi connectivity index (χ1n) is 7.94. The lowest BCUT2D eigenvalue weighted by Crippen LogP contribution is -2.12.